The van der Waals surface area contributed by atoms with E-state index in [1.165, 1.54) is 0 Å². The van der Waals surface area contributed by atoms with E-state index < -0.39 is 11.9 Å². The Bertz CT molecular complexity index is 2740. The number of fused-ring (bicyclic) bond motifs is 6. The molecular weight excluding hydrogens is 649 g/mol. The van der Waals surface area contributed by atoms with E-state index in [-0.39, 0.29) is 11.1 Å². The van der Waals surface area contributed by atoms with Crippen molar-refractivity contribution in [1.29, 1.82) is 0 Å². The highest BCUT2D eigenvalue weighted by Gasteiger charge is 2.13. The van der Waals surface area contributed by atoms with E-state index >= 15 is 0 Å². The van der Waals surface area contributed by atoms with Crippen LogP contribution in [0.5, 0.6) is 0 Å². The van der Waals surface area contributed by atoms with Gasteiger partial charge in [-0.25, -0.2) is 29.5 Å². The number of aromatic nitrogens is 4. The largest absolute Gasteiger partial charge is 0.478 e. The number of aromatic carboxylic acids is 2. The SMILES string of the molecule is O=C(O)c1cccc(-c2ccc3ccc4ccc(-c5cccc(-c6ccc7ccc8ccc(-c9cccc(C(=O)O)c9)nc8c7n6)c5)nc4c3n2)c1. The fourth-order valence-electron chi connectivity index (χ4n) is 6.64. The average molecular weight is 675 g/mol. The number of carboxylic acids is 2. The van der Waals surface area contributed by atoms with Crippen molar-refractivity contribution in [3.05, 3.63) is 157 Å². The van der Waals surface area contributed by atoms with Gasteiger partial charge in [0.1, 0.15) is 0 Å². The minimum atomic E-state index is -0.986. The summed E-state index contributed by atoms with van der Waals surface area (Å²) < 4.78 is 0. The average Bonchev–Trinajstić information content (AvgIpc) is 3.20. The summed E-state index contributed by atoms with van der Waals surface area (Å²) in [5.41, 5.74) is 9.56. The molecule has 9 aromatic rings. The van der Waals surface area contributed by atoms with Crippen molar-refractivity contribution in [1.82, 2.24) is 19.9 Å². The molecule has 0 aliphatic heterocycles. The number of rotatable bonds is 6. The maximum Gasteiger partial charge on any atom is 0.335 e. The molecular formula is C44H26N4O4. The predicted octanol–water partition coefficient (Wildman–Crippen LogP) is 9.94. The van der Waals surface area contributed by atoms with Gasteiger partial charge in [-0.1, -0.05) is 91.0 Å². The summed E-state index contributed by atoms with van der Waals surface area (Å²) in [6.45, 7) is 0. The minimum Gasteiger partial charge on any atom is -0.478 e. The van der Waals surface area contributed by atoms with Crippen LogP contribution < -0.4 is 0 Å². The standard InChI is InChI=1S/C44H26N4O4/c49-43(50)33-8-2-6-31(23-33)37-20-16-27-12-10-25-14-18-35(45-39(25)41(27)47-37)29-4-1-5-30(22-29)36-19-15-26-11-13-28-17-21-38(48-42(28)40(26)46-36)32-7-3-9-34(24-32)44(51)52/h1-24H,(H,49,50)(H,51,52). The van der Waals surface area contributed by atoms with Gasteiger partial charge in [0.2, 0.25) is 0 Å². The van der Waals surface area contributed by atoms with Gasteiger partial charge in [0.15, 0.2) is 0 Å². The van der Waals surface area contributed by atoms with E-state index in [1.54, 1.807) is 36.4 Å². The van der Waals surface area contributed by atoms with Crippen molar-refractivity contribution in [2.24, 2.45) is 0 Å². The second-order valence-electron chi connectivity index (χ2n) is 12.6. The van der Waals surface area contributed by atoms with Crippen LogP contribution in [0.2, 0.25) is 0 Å². The Labute approximate surface area is 296 Å². The molecule has 0 saturated heterocycles. The van der Waals surface area contributed by atoms with Crippen molar-refractivity contribution in [2.45, 2.75) is 0 Å². The van der Waals surface area contributed by atoms with Crippen LogP contribution in [0, 0.1) is 0 Å². The van der Waals surface area contributed by atoms with Gasteiger partial charge in [-0.3, -0.25) is 0 Å². The van der Waals surface area contributed by atoms with Crippen LogP contribution in [-0.2, 0) is 0 Å². The Morgan fingerprint density at radius 2 is 0.615 bits per heavy atom. The lowest BCUT2D eigenvalue weighted by atomic mass is 10.0. The summed E-state index contributed by atoms with van der Waals surface area (Å²) >= 11 is 0. The molecule has 0 aliphatic rings. The number of hydrogen-bond acceptors (Lipinski definition) is 6. The van der Waals surface area contributed by atoms with Crippen LogP contribution in [0.25, 0.3) is 88.6 Å². The number of pyridine rings is 4. The molecule has 0 saturated carbocycles. The highest BCUT2D eigenvalue weighted by atomic mass is 16.4. The van der Waals surface area contributed by atoms with Gasteiger partial charge in [-0.2, -0.15) is 0 Å². The van der Waals surface area contributed by atoms with Gasteiger partial charge in [-0.15, -0.1) is 0 Å². The smallest absolute Gasteiger partial charge is 0.335 e. The summed E-state index contributed by atoms with van der Waals surface area (Å²) in [5, 5.41) is 22.8. The zero-order chi connectivity index (χ0) is 35.3. The van der Waals surface area contributed by atoms with Crippen molar-refractivity contribution in [3.63, 3.8) is 0 Å². The predicted molar refractivity (Wildman–Crippen MR) is 203 cm³/mol. The molecule has 5 aromatic carbocycles. The third kappa shape index (κ3) is 5.45. The van der Waals surface area contributed by atoms with E-state index in [0.717, 1.165) is 77.3 Å². The zero-order valence-corrected chi connectivity index (χ0v) is 27.4. The van der Waals surface area contributed by atoms with E-state index in [4.69, 9.17) is 19.9 Å². The Morgan fingerprint density at radius 3 is 0.923 bits per heavy atom. The van der Waals surface area contributed by atoms with E-state index in [1.807, 2.05) is 103 Å². The first kappa shape index (κ1) is 30.7. The van der Waals surface area contributed by atoms with Gasteiger partial charge in [0, 0.05) is 43.8 Å². The molecule has 4 aromatic heterocycles. The molecule has 2 N–H and O–H groups in total. The van der Waals surface area contributed by atoms with Crippen molar-refractivity contribution in [3.8, 4) is 45.0 Å². The first-order valence-corrected chi connectivity index (χ1v) is 16.6. The highest BCUT2D eigenvalue weighted by Crippen LogP contribution is 2.32. The molecule has 52 heavy (non-hydrogen) atoms. The summed E-state index contributed by atoms with van der Waals surface area (Å²) in [7, 11) is 0. The maximum absolute atomic E-state index is 11.6. The van der Waals surface area contributed by atoms with Crippen LogP contribution in [-0.4, -0.2) is 42.1 Å². The topological polar surface area (TPSA) is 126 Å². The number of nitrogens with zero attached hydrogens (tertiary/aromatic N) is 4. The van der Waals surface area contributed by atoms with Crippen LogP contribution in [0.1, 0.15) is 20.7 Å². The lowest BCUT2D eigenvalue weighted by molar-refractivity contribution is 0.0686. The summed E-state index contributed by atoms with van der Waals surface area (Å²) in [4.78, 5) is 43.4. The highest BCUT2D eigenvalue weighted by molar-refractivity contribution is 6.05. The Morgan fingerprint density at radius 1 is 0.346 bits per heavy atom. The summed E-state index contributed by atoms with van der Waals surface area (Å²) in [6.07, 6.45) is 0. The molecule has 0 unspecified atom stereocenters. The van der Waals surface area contributed by atoms with Crippen LogP contribution in [0.3, 0.4) is 0 Å². The monoisotopic (exact) mass is 674 g/mol. The molecule has 8 heteroatoms. The van der Waals surface area contributed by atoms with E-state index in [9.17, 15) is 19.8 Å². The zero-order valence-electron chi connectivity index (χ0n) is 27.4. The summed E-state index contributed by atoms with van der Waals surface area (Å²) in [5.74, 6) is -1.97. The van der Waals surface area contributed by atoms with Gasteiger partial charge in [0.05, 0.1) is 56.0 Å². The number of hydrogen-bond donors (Lipinski definition) is 2. The molecule has 0 radical (unpaired) electrons. The molecule has 0 bridgehead atoms. The van der Waals surface area contributed by atoms with Gasteiger partial charge >= 0.3 is 11.9 Å². The van der Waals surface area contributed by atoms with Gasteiger partial charge < -0.3 is 10.2 Å². The third-order valence-electron chi connectivity index (χ3n) is 9.30. The first-order valence-electron chi connectivity index (χ1n) is 16.6. The molecule has 246 valence electrons. The van der Waals surface area contributed by atoms with Gasteiger partial charge in [0.25, 0.3) is 0 Å². The van der Waals surface area contributed by atoms with Gasteiger partial charge in [-0.05, 0) is 54.6 Å². The molecule has 0 amide bonds. The quantitative estimate of drug-likeness (QED) is 0.167. The van der Waals surface area contributed by atoms with Crippen LogP contribution in [0.15, 0.2) is 146 Å². The van der Waals surface area contributed by atoms with Crippen molar-refractivity contribution >= 4 is 55.6 Å². The molecule has 9 rings (SSSR count). The second kappa shape index (κ2) is 12.2. The Kier molecular flexibility index (Phi) is 7.22. The Hall–Kier alpha value is -7.32. The van der Waals surface area contributed by atoms with E-state index in [2.05, 4.69) is 6.07 Å². The van der Waals surface area contributed by atoms with E-state index in [0.29, 0.717) is 11.4 Å². The molecule has 0 spiro atoms. The minimum absolute atomic E-state index is 0.205. The lowest BCUT2D eigenvalue weighted by Crippen LogP contribution is -1.96. The first-order chi connectivity index (χ1) is 25.4. The molecule has 8 nitrogen and oxygen atoms in total. The molecule has 0 fully saturated rings. The van der Waals surface area contributed by atoms with Crippen molar-refractivity contribution in [2.75, 3.05) is 0 Å². The van der Waals surface area contributed by atoms with Crippen molar-refractivity contribution < 1.29 is 19.8 Å². The number of carboxylic acid groups (broad SMARTS) is 2. The van der Waals surface area contributed by atoms with Crippen LogP contribution >= 0.6 is 0 Å². The second-order valence-corrected chi connectivity index (χ2v) is 12.6. The molecule has 4 heterocycles. The fraction of sp³-hybridized carbons (Fsp3) is 0. The fourth-order valence-corrected chi connectivity index (χ4v) is 6.64. The summed E-state index contributed by atoms with van der Waals surface area (Å²) in [6, 6.07) is 45.6. The normalized spacial score (nSPS) is 11.4. The van der Waals surface area contributed by atoms with Crippen LogP contribution in [0.4, 0.5) is 0 Å². The molecule has 0 atom stereocenters. The Balaban J connectivity index is 1.12. The lowest BCUT2D eigenvalue weighted by Gasteiger charge is -2.10. The third-order valence-corrected chi connectivity index (χ3v) is 9.30. The maximum atomic E-state index is 11.6. The number of benzene rings is 5. The number of carbonyl (C=O) groups is 2. The molecule has 0 aliphatic carbocycles.